The normalized spacial score (nSPS) is 18.7. The van der Waals surface area contributed by atoms with E-state index in [0.29, 0.717) is 29.8 Å². The number of amides is 1. The lowest BCUT2D eigenvalue weighted by atomic mass is 10.1. The van der Waals surface area contributed by atoms with Crippen molar-refractivity contribution in [2.24, 2.45) is 0 Å². The second kappa shape index (κ2) is 7.80. The van der Waals surface area contributed by atoms with Crippen LogP contribution in [-0.2, 0) is 24.1 Å². The van der Waals surface area contributed by atoms with E-state index in [4.69, 9.17) is 16.1 Å². The highest BCUT2D eigenvalue weighted by molar-refractivity contribution is 6.29. The number of hydrogen-bond acceptors (Lipinski definition) is 4. The van der Waals surface area contributed by atoms with Crippen molar-refractivity contribution in [1.82, 2.24) is 15.0 Å². The molecule has 1 aliphatic carbocycles. The van der Waals surface area contributed by atoms with Gasteiger partial charge in [0.05, 0.1) is 0 Å². The first-order chi connectivity index (χ1) is 12.7. The number of fused-ring (bicyclic) bond motifs is 1. The molecular formula is C20H24ClN3O2. The van der Waals surface area contributed by atoms with Crippen molar-refractivity contribution in [3.05, 3.63) is 52.4 Å². The van der Waals surface area contributed by atoms with E-state index in [0.717, 1.165) is 45.4 Å². The van der Waals surface area contributed by atoms with E-state index in [9.17, 15) is 4.79 Å². The number of rotatable bonds is 4. The van der Waals surface area contributed by atoms with Gasteiger partial charge in [0.25, 0.3) is 0 Å². The molecule has 1 aromatic heterocycles. The van der Waals surface area contributed by atoms with Crippen molar-refractivity contribution >= 4 is 17.5 Å². The monoisotopic (exact) mass is 373 g/mol. The predicted molar refractivity (Wildman–Crippen MR) is 100 cm³/mol. The lowest BCUT2D eigenvalue weighted by molar-refractivity contribution is -0.131. The van der Waals surface area contributed by atoms with Crippen LogP contribution in [0.3, 0.4) is 0 Å². The summed E-state index contributed by atoms with van der Waals surface area (Å²) in [6.45, 7) is 3.67. The van der Waals surface area contributed by atoms with Gasteiger partial charge < -0.3 is 9.42 Å². The average Bonchev–Trinajstić information content (AvgIpc) is 3.18. The Labute approximate surface area is 158 Å². The smallest absolute Gasteiger partial charge is 0.223 e. The van der Waals surface area contributed by atoms with Gasteiger partial charge in [0.2, 0.25) is 5.91 Å². The van der Waals surface area contributed by atoms with E-state index in [-0.39, 0.29) is 5.91 Å². The minimum atomic E-state index is 0.189. The Morgan fingerprint density at radius 2 is 1.92 bits per heavy atom. The third kappa shape index (κ3) is 3.94. The van der Waals surface area contributed by atoms with Crippen LogP contribution in [-0.4, -0.2) is 53.1 Å². The van der Waals surface area contributed by atoms with Gasteiger partial charge in [0, 0.05) is 51.1 Å². The number of hydrogen-bond donors (Lipinski definition) is 0. The highest BCUT2D eigenvalue weighted by Crippen LogP contribution is 2.26. The van der Waals surface area contributed by atoms with E-state index in [1.807, 2.05) is 4.90 Å². The Kier molecular flexibility index (Phi) is 5.27. The summed E-state index contributed by atoms with van der Waals surface area (Å²) in [7, 11) is 0. The summed E-state index contributed by atoms with van der Waals surface area (Å²) in [6, 6.07) is 11.0. The zero-order valence-corrected chi connectivity index (χ0v) is 15.6. The highest BCUT2D eigenvalue weighted by atomic mass is 35.5. The Balaban J connectivity index is 1.29. The molecule has 2 aromatic rings. The average molecular weight is 374 g/mol. The third-order valence-electron chi connectivity index (χ3n) is 5.54. The van der Waals surface area contributed by atoms with Gasteiger partial charge >= 0.3 is 0 Å². The molecule has 0 bridgehead atoms. The molecule has 1 aliphatic heterocycles. The van der Waals surface area contributed by atoms with E-state index in [2.05, 4.69) is 34.3 Å². The van der Waals surface area contributed by atoms with Crippen molar-refractivity contribution in [2.45, 2.75) is 38.1 Å². The van der Waals surface area contributed by atoms with Crippen LogP contribution in [0.25, 0.3) is 0 Å². The lowest BCUT2D eigenvalue weighted by Crippen LogP contribution is -2.40. The second-order valence-electron chi connectivity index (χ2n) is 7.22. The van der Waals surface area contributed by atoms with E-state index in [1.165, 1.54) is 11.1 Å². The minimum absolute atomic E-state index is 0.189. The summed E-state index contributed by atoms with van der Waals surface area (Å²) in [5.41, 5.74) is 2.97. The summed E-state index contributed by atoms with van der Waals surface area (Å²) in [4.78, 5) is 17.1. The van der Waals surface area contributed by atoms with Crippen molar-refractivity contribution < 1.29 is 9.32 Å². The van der Waals surface area contributed by atoms with Gasteiger partial charge in [-0.15, -0.1) is 0 Å². The van der Waals surface area contributed by atoms with Crippen LogP contribution < -0.4 is 0 Å². The fourth-order valence-corrected chi connectivity index (χ4v) is 4.30. The highest BCUT2D eigenvalue weighted by Gasteiger charge is 2.28. The molecule has 1 saturated heterocycles. The number of halogens is 1. The quantitative estimate of drug-likeness (QED) is 0.826. The zero-order valence-electron chi connectivity index (χ0n) is 14.9. The summed E-state index contributed by atoms with van der Waals surface area (Å²) < 4.78 is 5.08. The number of benzene rings is 1. The Morgan fingerprint density at radius 3 is 2.62 bits per heavy atom. The van der Waals surface area contributed by atoms with Crippen LogP contribution in [0.4, 0.5) is 0 Å². The molecule has 1 amide bonds. The van der Waals surface area contributed by atoms with Gasteiger partial charge in [0.15, 0.2) is 5.15 Å². The molecule has 0 unspecified atom stereocenters. The molecular weight excluding hydrogens is 350 g/mol. The van der Waals surface area contributed by atoms with Crippen LogP contribution in [0.1, 0.15) is 29.7 Å². The molecule has 6 heteroatoms. The fourth-order valence-electron chi connectivity index (χ4n) is 4.14. The van der Waals surface area contributed by atoms with Gasteiger partial charge in [-0.05, 0) is 30.4 Å². The standard InChI is InChI=1S/C20H24ClN3O2/c21-19-14-18(26-22-19)6-7-20(25)24-9-3-8-23(10-11-24)17-12-15-4-1-2-5-16(15)13-17/h1-2,4-5,14,17H,3,6-13H2. The molecule has 2 aliphatic rings. The first-order valence-corrected chi connectivity index (χ1v) is 9.76. The molecule has 26 heavy (non-hydrogen) atoms. The van der Waals surface area contributed by atoms with Crippen molar-refractivity contribution in [3.8, 4) is 0 Å². The number of aryl methyl sites for hydroxylation is 1. The van der Waals surface area contributed by atoms with Gasteiger partial charge in [-0.2, -0.15) is 0 Å². The molecule has 0 spiro atoms. The van der Waals surface area contributed by atoms with Gasteiger partial charge in [-0.1, -0.05) is 41.0 Å². The first-order valence-electron chi connectivity index (χ1n) is 9.39. The maximum absolute atomic E-state index is 12.5. The topological polar surface area (TPSA) is 49.6 Å². The molecule has 138 valence electrons. The number of aromatic nitrogens is 1. The summed E-state index contributed by atoms with van der Waals surface area (Å²) >= 11 is 5.75. The predicted octanol–water partition coefficient (Wildman–Crippen LogP) is 2.96. The molecule has 1 fully saturated rings. The molecule has 5 nitrogen and oxygen atoms in total. The van der Waals surface area contributed by atoms with Crippen LogP contribution in [0.5, 0.6) is 0 Å². The third-order valence-corrected chi connectivity index (χ3v) is 5.72. The molecule has 0 saturated carbocycles. The second-order valence-corrected chi connectivity index (χ2v) is 7.60. The van der Waals surface area contributed by atoms with E-state index < -0.39 is 0 Å². The maximum Gasteiger partial charge on any atom is 0.223 e. The Morgan fingerprint density at radius 1 is 1.15 bits per heavy atom. The molecule has 0 atom stereocenters. The van der Waals surface area contributed by atoms with Gasteiger partial charge in [-0.3, -0.25) is 9.69 Å². The largest absolute Gasteiger partial charge is 0.360 e. The van der Waals surface area contributed by atoms with Crippen molar-refractivity contribution in [2.75, 3.05) is 26.2 Å². The van der Waals surface area contributed by atoms with E-state index >= 15 is 0 Å². The van der Waals surface area contributed by atoms with Crippen molar-refractivity contribution in [3.63, 3.8) is 0 Å². The molecule has 2 heterocycles. The molecule has 0 radical (unpaired) electrons. The molecule has 1 aromatic carbocycles. The number of carbonyl (C=O) groups is 1. The fraction of sp³-hybridized carbons (Fsp3) is 0.500. The molecule has 4 rings (SSSR count). The molecule has 0 N–H and O–H groups in total. The first kappa shape index (κ1) is 17.6. The summed E-state index contributed by atoms with van der Waals surface area (Å²) in [5, 5.41) is 4.00. The van der Waals surface area contributed by atoms with Crippen LogP contribution in [0.15, 0.2) is 34.9 Å². The summed E-state index contributed by atoms with van der Waals surface area (Å²) in [6.07, 6.45) is 4.30. The van der Waals surface area contributed by atoms with Crippen LogP contribution in [0.2, 0.25) is 5.15 Å². The maximum atomic E-state index is 12.5. The minimum Gasteiger partial charge on any atom is -0.360 e. The number of nitrogens with zero attached hydrogens (tertiary/aromatic N) is 3. The van der Waals surface area contributed by atoms with Crippen molar-refractivity contribution in [1.29, 1.82) is 0 Å². The van der Waals surface area contributed by atoms with Gasteiger partial charge in [-0.25, -0.2) is 0 Å². The number of carbonyl (C=O) groups excluding carboxylic acids is 1. The van der Waals surface area contributed by atoms with Crippen LogP contribution >= 0.6 is 11.6 Å². The van der Waals surface area contributed by atoms with Gasteiger partial charge in [0.1, 0.15) is 5.76 Å². The zero-order chi connectivity index (χ0) is 17.9. The SMILES string of the molecule is O=C(CCc1cc(Cl)no1)N1CCCN(C2Cc3ccccc3C2)CC1. The Hall–Kier alpha value is -1.85. The Bertz CT molecular complexity index is 751. The van der Waals surface area contributed by atoms with E-state index in [1.54, 1.807) is 6.07 Å². The van der Waals surface area contributed by atoms with Crippen LogP contribution in [0, 0.1) is 0 Å². The summed E-state index contributed by atoms with van der Waals surface area (Å²) in [5.74, 6) is 0.859. The lowest BCUT2D eigenvalue weighted by Gasteiger charge is -2.27.